The maximum absolute atomic E-state index is 14.7. The summed E-state index contributed by atoms with van der Waals surface area (Å²) in [6, 6.07) is 12.5. The van der Waals surface area contributed by atoms with Crippen LogP contribution < -0.4 is 4.74 Å². The Morgan fingerprint density at radius 2 is 1.82 bits per heavy atom. The Balaban J connectivity index is 1.23. The fourth-order valence-corrected chi connectivity index (χ4v) is 5.14. The number of aromatic amines is 2. The van der Waals surface area contributed by atoms with Gasteiger partial charge in [-0.2, -0.15) is 5.10 Å². The molecule has 5 heterocycles. The highest BCUT2D eigenvalue weighted by Gasteiger charge is 2.18. The molecular formula is C29H25FN8O. The third-order valence-corrected chi connectivity index (χ3v) is 7.07. The van der Waals surface area contributed by atoms with Gasteiger partial charge in [0.05, 0.1) is 28.6 Å². The van der Waals surface area contributed by atoms with Crippen LogP contribution in [0.15, 0.2) is 67.3 Å². The average molecular weight is 521 g/mol. The number of nitrogens with one attached hydrogen (secondary N) is 2. The first-order chi connectivity index (χ1) is 19.2. The van der Waals surface area contributed by atoms with E-state index < -0.39 is 0 Å². The van der Waals surface area contributed by atoms with Crippen LogP contribution in [0.3, 0.4) is 0 Å². The van der Waals surface area contributed by atoms with Gasteiger partial charge < -0.3 is 9.72 Å². The van der Waals surface area contributed by atoms with Crippen molar-refractivity contribution in [1.29, 1.82) is 0 Å². The van der Waals surface area contributed by atoms with E-state index in [1.807, 2.05) is 30.3 Å². The molecule has 39 heavy (non-hydrogen) atoms. The maximum atomic E-state index is 14.7. The monoisotopic (exact) mass is 520 g/mol. The molecule has 0 spiro atoms. The van der Waals surface area contributed by atoms with E-state index in [9.17, 15) is 4.39 Å². The predicted molar refractivity (Wildman–Crippen MR) is 147 cm³/mol. The van der Waals surface area contributed by atoms with Crippen LogP contribution in [0.2, 0.25) is 0 Å². The summed E-state index contributed by atoms with van der Waals surface area (Å²) >= 11 is 0. The summed E-state index contributed by atoms with van der Waals surface area (Å²) in [7, 11) is 0. The second kappa shape index (κ2) is 9.88. The van der Waals surface area contributed by atoms with Crippen LogP contribution in [-0.2, 0) is 0 Å². The van der Waals surface area contributed by atoms with E-state index in [1.54, 1.807) is 24.8 Å². The van der Waals surface area contributed by atoms with E-state index >= 15 is 0 Å². The fourth-order valence-electron chi connectivity index (χ4n) is 5.14. The SMILES string of the molecule is Fc1cc(OCCN2CCCC2)cc(-c2nccc3[nH]c(-c4n[nH]c5ccc(-c6cnccn6)cc45)nc23)c1. The molecule has 4 aromatic heterocycles. The molecule has 2 aromatic carbocycles. The first-order valence-electron chi connectivity index (χ1n) is 13.0. The number of H-pyrrole nitrogens is 2. The Hall–Kier alpha value is -4.70. The number of pyridine rings is 1. The number of hydrogen-bond donors (Lipinski definition) is 2. The summed E-state index contributed by atoms with van der Waals surface area (Å²) in [6.45, 7) is 3.53. The summed E-state index contributed by atoms with van der Waals surface area (Å²) < 4.78 is 20.6. The highest BCUT2D eigenvalue weighted by molar-refractivity contribution is 5.97. The molecule has 9 nitrogen and oxygen atoms in total. The van der Waals surface area contributed by atoms with Gasteiger partial charge in [0.1, 0.15) is 29.4 Å². The molecule has 1 aliphatic heterocycles. The van der Waals surface area contributed by atoms with Crippen molar-refractivity contribution < 1.29 is 9.13 Å². The summed E-state index contributed by atoms with van der Waals surface area (Å²) in [5.41, 5.74) is 5.81. The Bertz CT molecular complexity index is 1780. The standard InChI is InChI=1S/C29H25FN8O/c30-20-13-19(14-21(16-20)39-12-11-38-9-1-2-10-38)26-28-24(5-6-33-26)34-29(35-28)27-22-15-18(3-4-23(22)36-37-27)25-17-31-7-8-32-25/h3-8,13-17H,1-2,9-12H2,(H,34,35)(H,36,37). The number of ether oxygens (including phenoxy) is 1. The smallest absolute Gasteiger partial charge is 0.159 e. The molecule has 0 atom stereocenters. The lowest BCUT2D eigenvalue weighted by Gasteiger charge is -2.15. The van der Waals surface area contributed by atoms with Crippen LogP contribution in [0, 0.1) is 5.82 Å². The van der Waals surface area contributed by atoms with Gasteiger partial charge in [-0.3, -0.25) is 25.0 Å². The lowest BCUT2D eigenvalue weighted by Crippen LogP contribution is -2.25. The molecule has 7 rings (SSSR count). The topological polar surface area (TPSA) is 108 Å². The van der Waals surface area contributed by atoms with Crippen LogP contribution >= 0.6 is 0 Å². The van der Waals surface area contributed by atoms with Crippen molar-refractivity contribution in [3.8, 4) is 39.8 Å². The molecular weight excluding hydrogens is 495 g/mol. The molecule has 194 valence electrons. The maximum Gasteiger partial charge on any atom is 0.159 e. The third-order valence-electron chi connectivity index (χ3n) is 7.07. The number of rotatable bonds is 7. The molecule has 0 aliphatic carbocycles. The van der Waals surface area contributed by atoms with Crippen molar-refractivity contribution in [2.45, 2.75) is 12.8 Å². The zero-order valence-corrected chi connectivity index (χ0v) is 21.1. The third kappa shape index (κ3) is 4.59. The second-order valence-corrected chi connectivity index (χ2v) is 9.64. The Morgan fingerprint density at radius 1 is 0.897 bits per heavy atom. The summed E-state index contributed by atoms with van der Waals surface area (Å²) in [5, 5.41) is 8.51. The largest absolute Gasteiger partial charge is 0.492 e. The lowest BCUT2D eigenvalue weighted by molar-refractivity contribution is 0.237. The molecule has 1 saturated heterocycles. The first-order valence-corrected chi connectivity index (χ1v) is 13.0. The van der Waals surface area contributed by atoms with Crippen LogP contribution in [-0.4, -0.2) is 66.3 Å². The molecule has 2 N–H and O–H groups in total. The van der Waals surface area contributed by atoms with E-state index in [0.717, 1.165) is 47.3 Å². The second-order valence-electron chi connectivity index (χ2n) is 9.64. The minimum Gasteiger partial charge on any atom is -0.492 e. The van der Waals surface area contributed by atoms with Gasteiger partial charge in [0.25, 0.3) is 0 Å². The lowest BCUT2D eigenvalue weighted by atomic mass is 10.1. The van der Waals surface area contributed by atoms with Crippen molar-refractivity contribution in [3.05, 3.63) is 73.1 Å². The van der Waals surface area contributed by atoms with Crippen LogP contribution in [0.5, 0.6) is 5.75 Å². The number of nitrogens with zero attached hydrogens (tertiary/aromatic N) is 6. The van der Waals surface area contributed by atoms with Crippen molar-refractivity contribution in [1.82, 2.24) is 40.0 Å². The van der Waals surface area contributed by atoms with Crippen molar-refractivity contribution >= 4 is 21.9 Å². The number of halogens is 1. The number of fused-ring (bicyclic) bond motifs is 2. The first kappa shape index (κ1) is 23.4. The van der Waals surface area contributed by atoms with Crippen molar-refractivity contribution in [3.63, 3.8) is 0 Å². The molecule has 0 unspecified atom stereocenters. The molecule has 0 radical (unpaired) electrons. The number of benzene rings is 2. The minimum absolute atomic E-state index is 0.381. The van der Waals surface area contributed by atoms with E-state index in [-0.39, 0.29) is 5.82 Å². The summed E-state index contributed by atoms with van der Waals surface area (Å²) in [5.74, 6) is 0.682. The Labute approximate surface area is 223 Å². The number of aromatic nitrogens is 7. The van der Waals surface area contributed by atoms with Crippen molar-refractivity contribution in [2.75, 3.05) is 26.2 Å². The molecule has 1 aliphatic rings. The highest BCUT2D eigenvalue weighted by atomic mass is 19.1. The summed E-state index contributed by atoms with van der Waals surface area (Å²) in [6.07, 6.45) is 9.18. The van der Waals surface area contributed by atoms with Gasteiger partial charge in [0, 0.05) is 47.7 Å². The molecule has 6 aromatic rings. The van der Waals surface area contributed by atoms with Gasteiger partial charge in [0.15, 0.2) is 5.82 Å². The summed E-state index contributed by atoms with van der Waals surface area (Å²) in [4.78, 5) is 23.7. The van der Waals surface area contributed by atoms with E-state index in [1.165, 1.54) is 25.0 Å². The zero-order valence-electron chi connectivity index (χ0n) is 21.1. The quantitative estimate of drug-likeness (QED) is 0.296. The predicted octanol–water partition coefficient (Wildman–Crippen LogP) is 5.24. The van der Waals surface area contributed by atoms with Gasteiger partial charge in [-0.05, 0) is 56.3 Å². The molecule has 0 bridgehead atoms. The Morgan fingerprint density at radius 3 is 2.69 bits per heavy atom. The molecule has 0 amide bonds. The molecule has 0 saturated carbocycles. The fraction of sp³-hybridized carbons (Fsp3) is 0.207. The number of imidazole rings is 1. The minimum atomic E-state index is -0.381. The molecule has 1 fully saturated rings. The van der Waals surface area contributed by atoms with E-state index in [4.69, 9.17) is 9.72 Å². The highest BCUT2D eigenvalue weighted by Crippen LogP contribution is 2.33. The number of hydrogen-bond acceptors (Lipinski definition) is 7. The zero-order chi connectivity index (χ0) is 26.2. The normalized spacial score (nSPS) is 14.0. The van der Waals surface area contributed by atoms with Crippen LogP contribution in [0.4, 0.5) is 4.39 Å². The van der Waals surface area contributed by atoms with Gasteiger partial charge in [-0.1, -0.05) is 6.07 Å². The van der Waals surface area contributed by atoms with Crippen LogP contribution in [0.25, 0.3) is 56.0 Å². The average Bonchev–Trinajstić information content (AvgIpc) is 3.72. The van der Waals surface area contributed by atoms with Crippen LogP contribution in [0.1, 0.15) is 12.8 Å². The van der Waals surface area contributed by atoms with Crippen molar-refractivity contribution in [2.24, 2.45) is 0 Å². The van der Waals surface area contributed by atoms with Gasteiger partial charge in [-0.25, -0.2) is 9.37 Å². The number of likely N-dealkylation sites (tertiary alicyclic amines) is 1. The molecule has 10 heteroatoms. The van der Waals surface area contributed by atoms with E-state index in [2.05, 4.69) is 35.0 Å². The van der Waals surface area contributed by atoms with Gasteiger partial charge in [-0.15, -0.1) is 0 Å². The van der Waals surface area contributed by atoms with Gasteiger partial charge >= 0.3 is 0 Å². The van der Waals surface area contributed by atoms with Gasteiger partial charge in [0.2, 0.25) is 0 Å². The Kier molecular flexibility index (Phi) is 5.93. The van der Waals surface area contributed by atoms with E-state index in [0.29, 0.717) is 40.6 Å².